The summed E-state index contributed by atoms with van der Waals surface area (Å²) in [5.74, 6) is 0.379. The van der Waals surface area contributed by atoms with Gasteiger partial charge in [0.2, 0.25) is 0 Å². The zero-order chi connectivity index (χ0) is 13.5. The Morgan fingerprint density at radius 3 is 2.33 bits per heavy atom. The topological polar surface area (TPSA) is 52.6 Å². The number of hydrogen-bond donors (Lipinski definition) is 0. The average molecular weight is 250 g/mol. The number of carbonyl (C=O) groups is 2. The molecule has 0 amide bonds. The first kappa shape index (κ1) is 14.2. The van der Waals surface area contributed by atoms with Gasteiger partial charge in [-0.3, -0.25) is 0 Å². The van der Waals surface area contributed by atoms with Crippen molar-refractivity contribution in [2.75, 3.05) is 7.11 Å². The van der Waals surface area contributed by atoms with Gasteiger partial charge in [0, 0.05) is 6.42 Å². The van der Waals surface area contributed by atoms with E-state index in [0.717, 1.165) is 12.0 Å². The molecule has 0 aromatic heterocycles. The van der Waals surface area contributed by atoms with E-state index in [2.05, 4.69) is 4.74 Å². The van der Waals surface area contributed by atoms with Crippen LogP contribution in [0.4, 0.5) is 0 Å². The van der Waals surface area contributed by atoms with Gasteiger partial charge in [0.15, 0.2) is 6.10 Å². The third-order valence-electron chi connectivity index (χ3n) is 2.54. The van der Waals surface area contributed by atoms with Crippen LogP contribution in [-0.4, -0.2) is 25.0 Å². The highest BCUT2D eigenvalue weighted by atomic mass is 16.6. The Morgan fingerprint density at radius 1 is 1.22 bits per heavy atom. The van der Waals surface area contributed by atoms with Crippen molar-refractivity contribution in [3.8, 4) is 5.75 Å². The van der Waals surface area contributed by atoms with Crippen LogP contribution < -0.4 is 4.74 Å². The summed E-state index contributed by atoms with van der Waals surface area (Å²) < 4.78 is 9.98. The molecule has 0 heterocycles. The van der Waals surface area contributed by atoms with Crippen molar-refractivity contribution >= 4 is 11.8 Å². The molecule has 98 valence electrons. The highest BCUT2D eigenvalue weighted by molar-refractivity contribution is 5.75. The highest BCUT2D eigenvalue weighted by Crippen LogP contribution is 2.15. The summed E-state index contributed by atoms with van der Waals surface area (Å²) in [5.41, 5.74) is 1.07. The van der Waals surface area contributed by atoms with Crippen LogP contribution in [0.5, 0.6) is 5.75 Å². The van der Waals surface area contributed by atoms with Gasteiger partial charge >= 0.3 is 5.97 Å². The summed E-state index contributed by atoms with van der Waals surface area (Å²) in [6.07, 6.45) is 0.638. The summed E-state index contributed by atoms with van der Waals surface area (Å²) in [5, 5.41) is 0. The summed E-state index contributed by atoms with van der Waals surface area (Å²) in [4.78, 5) is 22.0. The van der Waals surface area contributed by atoms with Crippen LogP contribution in [0.1, 0.15) is 25.8 Å². The highest BCUT2D eigenvalue weighted by Gasteiger charge is 2.14. The number of aryl methyl sites for hydroxylation is 1. The maximum absolute atomic E-state index is 11.2. The second kappa shape index (κ2) is 6.79. The molecule has 0 radical (unpaired) electrons. The molecule has 0 aliphatic heterocycles. The van der Waals surface area contributed by atoms with Gasteiger partial charge in [-0.15, -0.1) is 0 Å². The molecule has 0 bridgehead atoms. The van der Waals surface area contributed by atoms with Crippen molar-refractivity contribution < 1.29 is 19.1 Å². The van der Waals surface area contributed by atoms with Gasteiger partial charge in [0.1, 0.15) is 11.5 Å². The fourth-order valence-electron chi connectivity index (χ4n) is 1.47. The van der Waals surface area contributed by atoms with Crippen molar-refractivity contribution in [2.24, 2.45) is 0 Å². The van der Waals surface area contributed by atoms with E-state index in [1.807, 2.05) is 12.1 Å². The lowest BCUT2D eigenvalue weighted by Crippen LogP contribution is -2.24. The molecule has 0 aliphatic carbocycles. The molecule has 18 heavy (non-hydrogen) atoms. The van der Waals surface area contributed by atoms with E-state index < -0.39 is 12.1 Å². The van der Waals surface area contributed by atoms with Crippen LogP contribution in [-0.2, 0) is 20.7 Å². The van der Waals surface area contributed by atoms with Crippen molar-refractivity contribution in [3.63, 3.8) is 0 Å². The van der Waals surface area contributed by atoms with Crippen LogP contribution >= 0.6 is 0 Å². The van der Waals surface area contributed by atoms with Crippen LogP contribution in [0.15, 0.2) is 24.3 Å². The Bertz CT molecular complexity index is 408. The smallest absolute Gasteiger partial charge is 0.346 e. The molecule has 1 aromatic carbocycles. The fourth-order valence-corrected chi connectivity index (χ4v) is 1.47. The minimum atomic E-state index is -0.627. The SMILES string of the molecule is COC(=O)[C@H](C)Oc1ccc(CCC(C)=O)cc1. The molecule has 0 aliphatic rings. The Hall–Kier alpha value is -1.84. The molecule has 0 unspecified atom stereocenters. The lowest BCUT2D eigenvalue weighted by Gasteiger charge is -2.12. The van der Waals surface area contributed by atoms with Crippen LogP contribution in [0.25, 0.3) is 0 Å². The molecule has 1 aromatic rings. The van der Waals surface area contributed by atoms with Crippen molar-refractivity contribution in [3.05, 3.63) is 29.8 Å². The third kappa shape index (κ3) is 4.57. The number of methoxy groups -OCH3 is 1. The predicted molar refractivity (Wildman–Crippen MR) is 67.6 cm³/mol. The van der Waals surface area contributed by atoms with E-state index in [9.17, 15) is 9.59 Å². The summed E-state index contributed by atoms with van der Waals surface area (Å²) >= 11 is 0. The standard InChI is InChI=1S/C14H18O4/c1-10(15)4-5-12-6-8-13(9-7-12)18-11(2)14(16)17-3/h6-9,11H,4-5H2,1-3H3/t11-/m0/s1. The second-order valence-corrected chi connectivity index (χ2v) is 4.13. The summed E-state index contributed by atoms with van der Waals surface area (Å²) in [7, 11) is 1.33. The van der Waals surface area contributed by atoms with E-state index in [0.29, 0.717) is 12.2 Å². The lowest BCUT2D eigenvalue weighted by molar-refractivity contribution is -0.147. The van der Waals surface area contributed by atoms with Gasteiger partial charge in [-0.2, -0.15) is 0 Å². The molecule has 4 heteroatoms. The lowest BCUT2D eigenvalue weighted by atomic mass is 10.1. The van der Waals surface area contributed by atoms with E-state index in [4.69, 9.17) is 4.74 Å². The number of ketones is 1. The van der Waals surface area contributed by atoms with Gasteiger partial charge in [0.05, 0.1) is 7.11 Å². The van der Waals surface area contributed by atoms with E-state index in [1.54, 1.807) is 26.0 Å². The molecule has 4 nitrogen and oxygen atoms in total. The normalized spacial score (nSPS) is 11.7. The van der Waals surface area contributed by atoms with Crippen molar-refractivity contribution in [1.29, 1.82) is 0 Å². The number of rotatable bonds is 6. The first-order valence-corrected chi connectivity index (χ1v) is 5.85. The molecular weight excluding hydrogens is 232 g/mol. The summed E-state index contributed by atoms with van der Waals surface area (Å²) in [6, 6.07) is 7.36. The molecule has 0 saturated heterocycles. The monoisotopic (exact) mass is 250 g/mol. The molecule has 0 fully saturated rings. The van der Waals surface area contributed by atoms with E-state index in [1.165, 1.54) is 7.11 Å². The van der Waals surface area contributed by atoms with Gasteiger partial charge in [-0.1, -0.05) is 12.1 Å². The second-order valence-electron chi connectivity index (χ2n) is 4.13. The zero-order valence-corrected chi connectivity index (χ0v) is 10.9. The maximum atomic E-state index is 11.2. The Kier molecular flexibility index (Phi) is 5.36. The van der Waals surface area contributed by atoms with Gasteiger partial charge < -0.3 is 14.3 Å². The predicted octanol–water partition coefficient (Wildman–Crippen LogP) is 2.15. The fraction of sp³-hybridized carbons (Fsp3) is 0.429. The first-order chi connectivity index (χ1) is 8.52. The number of carbonyl (C=O) groups excluding carboxylic acids is 2. The van der Waals surface area contributed by atoms with E-state index in [-0.39, 0.29) is 5.78 Å². The zero-order valence-electron chi connectivity index (χ0n) is 10.9. The number of Topliss-reactive ketones (excluding diaryl/α,β-unsaturated/α-hetero) is 1. The van der Waals surface area contributed by atoms with Crippen LogP contribution in [0, 0.1) is 0 Å². The Balaban J connectivity index is 2.54. The minimum absolute atomic E-state index is 0.176. The molecule has 1 atom stereocenters. The third-order valence-corrected chi connectivity index (χ3v) is 2.54. The molecule has 0 N–H and O–H groups in total. The minimum Gasteiger partial charge on any atom is -0.479 e. The van der Waals surface area contributed by atoms with E-state index >= 15 is 0 Å². The average Bonchev–Trinajstić information content (AvgIpc) is 2.36. The number of benzene rings is 1. The summed E-state index contributed by atoms with van der Waals surface area (Å²) in [6.45, 7) is 3.21. The number of esters is 1. The quantitative estimate of drug-likeness (QED) is 0.726. The molecule has 1 rings (SSSR count). The van der Waals surface area contributed by atoms with Gasteiger partial charge in [-0.05, 0) is 38.0 Å². The van der Waals surface area contributed by atoms with Crippen molar-refractivity contribution in [1.82, 2.24) is 0 Å². The van der Waals surface area contributed by atoms with Gasteiger partial charge in [-0.25, -0.2) is 4.79 Å². The Morgan fingerprint density at radius 2 is 1.83 bits per heavy atom. The first-order valence-electron chi connectivity index (χ1n) is 5.85. The van der Waals surface area contributed by atoms with Crippen LogP contribution in [0.2, 0.25) is 0 Å². The largest absolute Gasteiger partial charge is 0.479 e. The maximum Gasteiger partial charge on any atom is 0.346 e. The van der Waals surface area contributed by atoms with Crippen molar-refractivity contribution in [2.45, 2.75) is 32.8 Å². The molecule has 0 saturated carbocycles. The Labute approximate surface area is 107 Å². The number of ether oxygens (including phenoxy) is 2. The molecule has 0 spiro atoms. The number of hydrogen-bond acceptors (Lipinski definition) is 4. The molecular formula is C14H18O4. The van der Waals surface area contributed by atoms with Crippen LogP contribution in [0.3, 0.4) is 0 Å². The van der Waals surface area contributed by atoms with Gasteiger partial charge in [0.25, 0.3) is 0 Å².